The average Bonchev–Trinajstić information content (AvgIpc) is 3.33. The first kappa shape index (κ1) is 32.8. The minimum Gasteiger partial charge on any atom is -0.488 e. The zero-order chi connectivity index (χ0) is 32.2. The molecule has 5 rings (SSSR count). The lowest BCUT2D eigenvalue weighted by atomic mass is 10.0. The zero-order valence-corrected chi connectivity index (χ0v) is 27.6. The predicted molar refractivity (Wildman–Crippen MR) is 180 cm³/mol. The number of fused-ring (bicyclic) bond motifs is 2. The molecule has 0 bridgehead atoms. The van der Waals surface area contributed by atoms with E-state index in [1.165, 1.54) is 0 Å². The topological polar surface area (TPSA) is 87.0 Å². The normalized spacial score (nSPS) is 17.8. The minimum atomic E-state index is -0.348. The number of carbonyl (C=O) groups excluding carboxylic acids is 2. The number of aryl methyl sites for hydroxylation is 1. The van der Waals surface area contributed by atoms with Gasteiger partial charge in [0.2, 0.25) is 11.8 Å². The molecule has 2 N–H and O–H groups in total. The van der Waals surface area contributed by atoms with E-state index >= 15 is 0 Å². The van der Waals surface area contributed by atoms with Crippen LogP contribution in [0.5, 0.6) is 5.75 Å². The summed E-state index contributed by atoms with van der Waals surface area (Å²) in [7, 11) is 3.98. The summed E-state index contributed by atoms with van der Waals surface area (Å²) in [6, 6.07) is 18.7. The van der Waals surface area contributed by atoms with Gasteiger partial charge in [-0.2, -0.15) is 0 Å². The van der Waals surface area contributed by atoms with E-state index in [0.717, 1.165) is 22.0 Å². The molecular weight excluding hydrogens is 611 g/mol. The van der Waals surface area contributed by atoms with E-state index in [0.29, 0.717) is 46.7 Å². The molecule has 0 saturated heterocycles. The molecule has 8 nitrogen and oxygen atoms in total. The van der Waals surface area contributed by atoms with Crippen molar-refractivity contribution in [3.63, 3.8) is 0 Å². The third-order valence-corrected chi connectivity index (χ3v) is 9.20. The molecule has 238 valence electrons. The van der Waals surface area contributed by atoms with Crippen molar-refractivity contribution in [2.75, 3.05) is 32.1 Å². The molecule has 2 amide bonds. The smallest absolute Gasteiger partial charge is 0.228 e. The van der Waals surface area contributed by atoms with Crippen molar-refractivity contribution in [2.45, 2.75) is 45.4 Å². The first-order chi connectivity index (χ1) is 21.5. The molecule has 0 spiro atoms. The molecule has 3 atom stereocenters. The van der Waals surface area contributed by atoms with Gasteiger partial charge in [-0.05, 0) is 61.5 Å². The molecule has 1 aliphatic heterocycles. The van der Waals surface area contributed by atoms with Crippen LogP contribution in [-0.2, 0) is 36.0 Å². The summed E-state index contributed by atoms with van der Waals surface area (Å²) in [5, 5.41) is 15.1. The van der Waals surface area contributed by atoms with Gasteiger partial charge in [0.05, 0.1) is 35.5 Å². The number of rotatable bonds is 9. The van der Waals surface area contributed by atoms with Gasteiger partial charge in [0.25, 0.3) is 0 Å². The number of aliphatic hydroxyl groups excluding tert-OH is 1. The summed E-state index contributed by atoms with van der Waals surface area (Å²) >= 11 is 12.4. The number of benzene rings is 3. The van der Waals surface area contributed by atoms with Crippen LogP contribution in [0.1, 0.15) is 30.5 Å². The molecule has 1 aliphatic rings. The lowest BCUT2D eigenvalue weighted by Crippen LogP contribution is -2.47. The first-order valence-electron chi connectivity index (χ1n) is 15.2. The first-order valence-corrected chi connectivity index (χ1v) is 15.9. The van der Waals surface area contributed by atoms with E-state index in [-0.39, 0.29) is 49.3 Å². The number of nitrogens with zero attached hydrogens (tertiary/aromatic N) is 3. The predicted octanol–water partition coefficient (Wildman–Crippen LogP) is 5.95. The standard InChI is InChI=1S/C35H40Cl2N4O4/c1-22-17-41(23(2)21-42)35(44)16-25-14-27(38-34(43)15-26-19-40(4)31-8-6-5-7-28(26)31)10-12-32(25)45-33(22)20-39(3)18-24-9-11-29(36)30(37)13-24/h5-14,19,22-23,33,42H,15-18,20-21H2,1-4H3,(H,38,43)/t22-,23-,33+/m0/s1. The maximum Gasteiger partial charge on any atom is 0.228 e. The highest BCUT2D eigenvalue weighted by Crippen LogP contribution is 2.30. The van der Waals surface area contributed by atoms with Gasteiger partial charge in [-0.25, -0.2) is 0 Å². The van der Waals surface area contributed by atoms with Crippen molar-refractivity contribution in [3.8, 4) is 5.75 Å². The Bertz CT molecular complexity index is 1690. The van der Waals surface area contributed by atoms with Crippen molar-refractivity contribution in [2.24, 2.45) is 13.0 Å². The highest BCUT2D eigenvalue weighted by atomic mass is 35.5. The number of halogens is 2. The van der Waals surface area contributed by atoms with Gasteiger partial charge in [-0.1, -0.05) is 54.4 Å². The molecule has 0 unspecified atom stereocenters. The molecule has 0 radical (unpaired) electrons. The summed E-state index contributed by atoms with van der Waals surface area (Å²) in [5.74, 6) is 0.323. The Kier molecular flexibility index (Phi) is 10.4. The summed E-state index contributed by atoms with van der Waals surface area (Å²) in [4.78, 5) is 30.6. The van der Waals surface area contributed by atoms with E-state index in [1.54, 1.807) is 11.0 Å². The van der Waals surface area contributed by atoms with Crippen LogP contribution in [-0.4, -0.2) is 70.2 Å². The number of aliphatic hydroxyl groups is 1. The van der Waals surface area contributed by atoms with Gasteiger partial charge < -0.3 is 24.6 Å². The quantitative estimate of drug-likeness (QED) is 0.234. The second-order valence-electron chi connectivity index (χ2n) is 12.2. The average molecular weight is 652 g/mol. The van der Waals surface area contributed by atoms with E-state index in [9.17, 15) is 14.7 Å². The zero-order valence-electron chi connectivity index (χ0n) is 26.1. The number of nitrogens with one attached hydrogen (secondary N) is 1. The molecule has 4 aromatic rings. The molecule has 0 aliphatic carbocycles. The van der Waals surface area contributed by atoms with Crippen molar-refractivity contribution in [1.29, 1.82) is 0 Å². The van der Waals surface area contributed by atoms with Gasteiger partial charge >= 0.3 is 0 Å². The Morgan fingerprint density at radius 3 is 2.67 bits per heavy atom. The fourth-order valence-corrected chi connectivity index (χ4v) is 6.31. The number of anilines is 1. The number of ether oxygens (including phenoxy) is 1. The van der Waals surface area contributed by atoms with Crippen LogP contribution in [0.15, 0.2) is 66.9 Å². The number of carbonyl (C=O) groups is 2. The number of likely N-dealkylation sites (N-methyl/N-ethyl adjacent to an activating group) is 1. The van der Waals surface area contributed by atoms with Crippen LogP contribution in [0.2, 0.25) is 10.0 Å². The van der Waals surface area contributed by atoms with Gasteiger partial charge in [0.15, 0.2) is 0 Å². The Hall–Kier alpha value is -3.56. The largest absolute Gasteiger partial charge is 0.488 e. The van der Waals surface area contributed by atoms with Crippen molar-refractivity contribution in [3.05, 3.63) is 93.6 Å². The Balaban J connectivity index is 1.37. The molecule has 2 heterocycles. The lowest BCUT2D eigenvalue weighted by molar-refractivity contribution is -0.134. The van der Waals surface area contributed by atoms with E-state index in [1.807, 2.05) is 86.4 Å². The second-order valence-corrected chi connectivity index (χ2v) is 13.0. The van der Waals surface area contributed by atoms with Crippen LogP contribution in [0.3, 0.4) is 0 Å². The van der Waals surface area contributed by atoms with Gasteiger partial charge in [0.1, 0.15) is 11.9 Å². The molecule has 0 saturated carbocycles. The maximum atomic E-state index is 13.6. The van der Waals surface area contributed by atoms with Crippen LogP contribution in [0, 0.1) is 5.92 Å². The fraction of sp³-hybridized carbons (Fsp3) is 0.371. The van der Waals surface area contributed by atoms with Crippen molar-refractivity contribution in [1.82, 2.24) is 14.4 Å². The monoisotopic (exact) mass is 650 g/mol. The molecular formula is C35H40Cl2N4O4. The molecule has 10 heteroatoms. The summed E-state index contributed by atoms with van der Waals surface area (Å²) in [5.41, 5.74) is 4.32. The van der Waals surface area contributed by atoms with Crippen molar-refractivity contribution < 1.29 is 19.4 Å². The summed E-state index contributed by atoms with van der Waals surface area (Å²) in [6.45, 7) is 5.43. The van der Waals surface area contributed by atoms with Crippen molar-refractivity contribution >= 4 is 51.6 Å². The summed E-state index contributed by atoms with van der Waals surface area (Å²) < 4.78 is 8.67. The third-order valence-electron chi connectivity index (χ3n) is 8.46. The number of para-hydroxylation sites is 1. The van der Waals surface area contributed by atoms with Gasteiger partial charge in [-0.3, -0.25) is 14.5 Å². The highest BCUT2D eigenvalue weighted by molar-refractivity contribution is 6.42. The van der Waals surface area contributed by atoms with Crippen LogP contribution < -0.4 is 10.1 Å². The number of amides is 2. The lowest BCUT2D eigenvalue weighted by Gasteiger charge is -2.34. The minimum absolute atomic E-state index is 0.0368. The van der Waals surface area contributed by atoms with Crippen LogP contribution >= 0.6 is 23.2 Å². The Morgan fingerprint density at radius 2 is 1.91 bits per heavy atom. The van der Waals surface area contributed by atoms with Gasteiger partial charge in [-0.15, -0.1) is 0 Å². The summed E-state index contributed by atoms with van der Waals surface area (Å²) in [6.07, 6.45) is 2.03. The van der Waals surface area contributed by atoms with Gasteiger partial charge in [0, 0.05) is 61.0 Å². The maximum absolute atomic E-state index is 13.6. The number of hydrogen-bond acceptors (Lipinski definition) is 5. The molecule has 0 fully saturated rings. The Labute approximate surface area is 274 Å². The number of aromatic nitrogens is 1. The SMILES string of the molecule is C[C@H]1CN([C@@H](C)CO)C(=O)Cc2cc(NC(=O)Cc3cn(C)c4ccccc34)ccc2O[C@@H]1CN(C)Cc1ccc(Cl)c(Cl)c1. The van der Waals surface area contributed by atoms with E-state index < -0.39 is 0 Å². The molecule has 3 aromatic carbocycles. The van der Waals surface area contributed by atoms with E-state index in [2.05, 4.69) is 17.1 Å². The fourth-order valence-electron chi connectivity index (χ4n) is 5.99. The Morgan fingerprint density at radius 1 is 1.13 bits per heavy atom. The third kappa shape index (κ3) is 7.82. The second kappa shape index (κ2) is 14.3. The number of hydrogen-bond donors (Lipinski definition) is 2. The molecule has 45 heavy (non-hydrogen) atoms. The highest BCUT2D eigenvalue weighted by Gasteiger charge is 2.31. The molecule has 1 aromatic heterocycles. The van der Waals surface area contributed by atoms with Crippen LogP contribution in [0.25, 0.3) is 10.9 Å². The van der Waals surface area contributed by atoms with E-state index in [4.69, 9.17) is 27.9 Å². The van der Waals surface area contributed by atoms with Crippen LogP contribution in [0.4, 0.5) is 5.69 Å².